The first-order valence-corrected chi connectivity index (χ1v) is 11.6. The third kappa shape index (κ3) is 6.06. The summed E-state index contributed by atoms with van der Waals surface area (Å²) in [5.41, 5.74) is 0.618. The molecule has 3 aromatic carbocycles. The zero-order chi connectivity index (χ0) is 25.8. The van der Waals surface area contributed by atoms with Crippen molar-refractivity contribution in [2.75, 3.05) is 21.3 Å². The van der Waals surface area contributed by atoms with Crippen LogP contribution in [0.3, 0.4) is 0 Å². The van der Waals surface area contributed by atoms with E-state index in [9.17, 15) is 27.1 Å². The standard InChI is InChI=1S/C24H23F2NO7S/c1-27(35(30,31)20-8-9-22(33-3)21(26)13-20)14-15-4-6-18(7-5-15)34-23(24(28)29)16-10-17(25)12-19(11-16)32-2/h4-13,23H,14H2,1-3H3,(H,28,29). The van der Waals surface area contributed by atoms with Crippen LogP contribution >= 0.6 is 0 Å². The van der Waals surface area contributed by atoms with Gasteiger partial charge in [0.25, 0.3) is 0 Å². The predicted octanol–water partition coefficient (Wildman–Crippen LogP) is 4.01. The van der Waals surface area contributed by atoms with Crippen LogP contribution in [0.25, 0.3) is 0 Å². The van der Waals surface area contributed by atoms with Gasteiger partial charge in [-0.1, -0.05) is 12.1 Å². The number of hydrogen-bond acceptors (Lipinski definition) is 6. The van der Waals surface area contributed by atoms with E-state index in [0.29, 0.717) is 5.56 Å². The van der Waals surface area contributed by atoms with Gasteiger partial charge in [0, 0.05) is 25.2 Å². The van der Waals surface area contributed by atoms with E-state index in [2.05, 4.69) is 0 Å². The van der Waals surface area contributed by atoms with Crippen LogP contribution in [0.1, 0.15) is 17.2 Å². The maximum atomic E-state index is 14.0. The van der Waals surface area contributed by atoms with E-state index in [1.807, 2.05) is 0 Å². The number of nitrogens with zero attached hydrogens (tertiary/aromatic N) is 1. The van der Waals surface area contributed by atoms with E-state index in [-0.39, 0.29) is 34.3 Å². The van der Waals surface area contributed by atoms with E-state index in [4.69, 9.17) is 14.2 Å². The lowest BCUT2D eigenvalue weighted by Crippen LogP contribution is -2.26. The van der Waals surface area contributed by atoms with Crippen molar-refractivity contribution in [3.05, 3.63) is 83.4 Å². The minimum absolute atomic E-state index is 0.0419. The highest BCUT2D eigenvalue weighted by molar-refractivity contribution is 7.89. The van der Waals surface area contributed by atoms with E-state index in [1.54, 1.807) is 12.1 Å². The maximum absolute atomic E-state index is 14.0. The summed E-state index contributed by atoms with van der Waals surface area (Å²) in [4.78, 5) is 11.5. The quantitative estimate of drug-likeness (QED) is 0.442. The Morgan fingerprint density at radius 2 is 1.66 bits per heavy atom. The normalized spacial score (nSPS) is 12.3. The van der Waals surface area contributed by atoms with Gasteiger partial charge in [-0.15, -0.1) is 0 Å². The molecule has 0 fully saturated rings. The van der Waals surface area contributed by atoms with E-state index < -0.39 is 33.7 Å². The summed E-state index contributed by atoms with van der Waals surface area (Å²) in [6.07, 6.45) is -1.50. The SMILES string of the molecule is COc1cc(F)cc(C(Oc2ccc(CN(C)S(=O)(=O)c3ccc(OC)c(F)c3)cc2)C(=O)O)c1. The number of rotatable bonds is 10. The van der Waals surface area contributed by atoms with Gasteiger partial charge in [-0.2, -0.15) is 4.31 Å². The smallest absolute Gasteiger partial charge is 0.349 e. The molecule has 11 heteroatoms. The summed E-state index contributed by atoms with van der Waals surface area (Å²) in [5, 5.41) is 9.57. The second-order valence-corrected chi connectivity index (χ2v) is 9.51. The Hall–Kier alpha value is -3.70. The molecule has 0 spiro atoms. The number of benzene rings is 3. The maximum Gasteiger partial charge on any atom is 0.349 e. The zero-order valence-corrected chi connectivity index (χ0v) is 19.9. The van der Waals surface area contributed by atoms with Crippen LogP contribution in [-0.2, 0) is 21.4 Å². The fraction of sp³-hybridized carbons (Fsp3) is 0.208. The Bertz CT molecular complexity index is 1310. The largest absolute Gasteiger partial charge is 0.497 e. The van der Waals surface area contributed by atoms with Gasteiger partial charge in [-0.05, 0) is 48.0 Å². The summed E-state index contributed by atoms with van der Waals surface area (Å²) in [5.74, 6) is -2.56. The van der Waals surface area contributed by atoms with Gasteiger partial charge in [-0.3, -0.25) is 0 Å². The number of carbonyl (C=O) groups is 1. The summed E-state index contributed by atoms with van der Waals surface area (Å²) < 4.78 is 69.8. The number of methoxy groups -OCH3 is 2. The molecule has 0 amide bonds. The predicted molar refractivity (Wildman–Crippen MR) is 122 cm³/mol. The van der Waals surface area contributed by atoms with Gasteiger partial charge in [0.1, 0.15) is 17.3 Å². The van der Waals surface area contributed by atoms with E-state index >= 15 is 0 Å². The molecule has 1 atom stereocenters. The topological polar surface area (TPSA) is 102 Å². The highest BCUT2D eigenvalue weighted by atomic mass is 32.2. The van der Waals surface area contributed by atoms with Crippen LogP contribution in [0.2, 0.25) is 0 Å². The zero-order valence-electron chi connectivity index (χ0n) is 19.1. The van der Waals surface area contributed by atoms with Crippen molar-refractivity contribution in [1.29, 1.82) is 0 Å². The number of ether oxygens (including phenoxy) is 3. The van der Waals surface area contributed by atoms with Gasteiger partial charge in [0.2, 0.25) is 16.1 Å². The third-order valence-electron chi connectivity index (χ3n) is 5.07. The minimum Gasteiger partial charge on any atom is -0.497 e. The highest BCUT2D eigenvalue weighted by Crippen LogP contribution is 2.28. The number of carboxylic acids is 1. The number of halogens is 2. The van der Waals surface area contributed by atoms with Crippen molar-refractivity contribution in [3.63, 3.8) is 0 Å². The fourth-order valence-electron chi connectivity index (χ4n) is 3.25. The molecule has 0 saturated carbocycles. The third-order valence-corrected chi connectivity index (χ3v) is 6.87. The second-order valence-electron chi connectivity index (χ2n) is 7.46. The Morgan fingerprint density at radius 1 is 0.971 bits per heavy atom. The molecule has 0 saturated heterocycles. The highest BCUT2D eigenvalue weighted by Gasteiger charge is 2.25. The van der Waals surface area contributed by atoms with Crippen molar-refractivity contribution >= 4 is 16.0 Å². The van der Waals surface area contributed by atoms with Crippen molar-refractivity contribution in [1.82, 2.24) is 4.31 Å². The lowest BCUT2D eigenvalue weighted by Gasteiger charge is -2.19. The molecule has 0 radical (unpaired) electrons. The molecule has 0 aliphatic carbocycles. The van der Waals surface area contributed by atoms with Crippen LogP contribution < -0.4 is 14.2 Å². The molecule has 0 aromatic heterocycles. The average Bonchev–Trinajstić information content (AvgIpc) is 2.82. The van der Waals surface area contributed by atoms with Crippen LogP contribution in [0.15, 0.2) is 65.6 Å². The average molecular weight is 508 g/mol. The van der Waals surface area contributed by atoms with E-state index in [1.165, 1.54) is 51.6 Å². The Labute approximate surface area is 201 Å². The molecule has 0 aliphatic heterocycles. The van der Waals surface area contributed by atoms with Crippen LogP contribution in [-0.4, -0.2) is 45.1 Å². The number of sulfonamides is 1. The molecule has 186 valence electrons. The second kappa shape index (κ2) is 10.7. The number of hydrogen-bond donors (Lipinski definition) is 1. The number of carboxylic acid groups (broad SMARTS) is 1. The molecular formula is C24H23F2NO7S. The van der Waals surface area contributed by atoms with Crippen LogP contribution in [0, 0.1) is 11.6 Å². The summed E-state index contributed by atoms with van der Waals surface area (Å²) in [7, 11) is -0.0363. The Morgan fingerprint density at radius 3 is 2.23 bits per heavy atom. The molecule has 3 rings (SSSR count). The molecule has 0 heterocycles. The fourth-order valence-corrected chi connectivity index (χ4v) is 4.43. The lowest BCUT2D eigenvalue weighted by atomic mass is 10.1. The van der Waals surface area contributed by atoms with Gasteiger partial charge in [-0.25, -0.2) is 22.0 Å². The molecule has 0 bridgehead atoms. The lowest BCUT2D eigenvalue weighted by molar-refractivity contribution is -0.145. The van der Waals surface area contributed by atoms with Crippen molar-refractivity contribution in [2.45, 2.75) is 17.5 Å². The first-order chi connectivity index (χ1) is 16.5. The van der Waals surface area contributed by atoms with Crippen molar-refractivity contribution in [3.8, 4) is 17.2 Å². The minimum atomic E-state index is -3.99. The Kier molecular flexibility index (Phi) is 7.92. The van der Waals surface area contributed by atoms with Crippen LogP contribution in [0.4, 0.5) is 8.78 Å². The monoisotopic (exact) mass is 507 g/mol. The van der Waals surface area contributed by atoms with Crippen molar-refractivity contribution < 1.29 is 41.3 Å². The summed E-state index contributed by atoms with van der Waals surface area (Å²) in [6, 6.07) is 12.9. The van der Waals surface area contributed by atoms with E-state index in [0.717, 1.165) is 22.5 Å². The van der Waals surface area contributed by atoms with Gasteiger partial charge < -0.3 is 19.3 Å². The Balaban J connectivity index is 1.75. The molecule has 1 unspecified atom stereocenters. The summed E-state index contributed by atoms with van der Waals surface area (Å²) >= 11 is 0. The van der Waals surface area contributed by atoms with Crippen molar-refractivity contribution in [2.24, 2.45) is 0 Å². The first-order valence-electron chi connectivity index (χ1n) is 10.2. The molecule has 3 aromatic rings. The van der Waals surface area contributed by atoms with Crippen LogP contribution in [0.5, 0.6) is 17.2 Å². The summed E-state index contributed by atoms with van der Waals surface area (Å²) in [6.45, 7) is -0.0419. The number of aliphatic carboxylic acids is 1. The molecule has 8 nitrogen and oxygen atoms in total. The molecule has 35 heavy (non-hydrogen) atoms. The molecule has 1 N–H and O–H groups in total. The van der Waals surface area contributed by atoms with Gasteiger partial charge >= 0.3 is 5.97 Å². The first kappa shape index (κ1) is 25.9. The van der Waals surface area contributed by atoms with Gasteiger partial charge in [0.15, 0.2) is 11.6 Å². The van der Waals surface area contributed by atoms with Gasteiger partial charge in [0.05, 0.1) is 19.1 Å². The molecular weight excluding hydrogens is 484 g/mol. The molecule has 0 aliphatic rings.